The van der Waals surface area contributed by atoms with Gasteiger partial charge in [-0.05, 0) is 50.5 Å². The van der Waals surface area contributed by atoms with Crippen LogP contribution in [0.3, 0.4) is 0 Å². The SMILES string of the molecule is O=C(C1CCN(S(=O)(=O)c2cc([N+](=O)[O-])ccc2Cl)CC1)N1CCC[C@@H]2CCCC[C@H]21. The minimum Gasteiger partial charge on any atom is -0.339 e. The van der Waals surface area contributed by atoms with Crippen molar-refractivity contribution < 1.29 is 18.1 Å². The van der Waals surface area contributed by atoms with Crippen molar-refractivity contribution in [3.63, 3.8) is 0 Å². The number of carbonyl (C=O) groups is 1. The molecule has 0 aromatic heterocycles. The van der Waals surface area contributed by atoms with Crippen LogP contribution in [-0.2, 0) is 14.8 Å². The summed E-state index contributed by atoms with van der Waals surface area (Å²) in [7, 11) is -3.97. The van der Waals surface area contributed by atoms with Gasteiger partial charge in [0.05, 0.1) is 9.95 Å². The molecule has 10 heteroatoms. The minimum atomic E-state index is -3.97. The number of halogens is 1. The van der Waals surface area contributed by atoms with Crippen molar-refractivity contribution in [2.45, 2.75) is 62.3 Å². The summed E-state index contributed by atoms with van der Waals surface area (Å²) in [6.45, 7) is 1.22. The van der Waals surface area contributed by atoms with Gasteiger partial charge in [-0.3, -0.25) is 14.9 Å². The van der Waals surface area contributed by atoms with Gasteiger partial charge in [-0.1, -0.05) is 24.4 Å². The van der Waals surface area contributed by atoms with Gasteiger partial charge in [-0.25, -0.2) is 8.42 Å². The van der Waals surface area contributed by atoms with Crippen molar-refractivity contribution in [3.05, 3.63) is 33.3 Å². The number of fused-ring (bicyclic) bond motifs is 1. The average molecular weight is 470 g/mol. The summed E-state index contributed by atoms with van der Waals surface area (Å²) in [5.74, 6) is 0.609. The number of benzene rings is 1. The van der Waals surface area contributed by atoms with Crippen LogP contribution < -0.4 is 0 Å². The number of sulfonamides is 1. The predicted molar refractivity (Wildman–Crippen MR) is 116 cm³/mol. The van der Waals surface area contributed by atoms with Gasteiger partial charge in [0.1, 0.15) is 4.90 Å². The lowest BCUT2D eigenvalue weighted by Crippen LogP contribution is -2.53. The molecular weight excluding hydrogens is 442 g/mol. The Bertz CT molecular complexity index is 960. The van der Waals surface area contributed by atoms with E-state index in [1.54, 1.807) is 0 Å². The molecule has 1 amide bonds. The lowest BCUT2D eigenvalue weighted by Gasteiger charge is -2.46. The van der Waals surface area contributed by atoms with Crippen LogP contribution in [0.1, 0.15) is 51.4 Å². The highest BCUT2D eigenvalue weighted by Crippen LogP contribution is 2.37. The fourth-order valence-corrected chi connectivity index (χ4v) is 7.38. The number of nitro groups is 1. The topological polar surface area (TPSA) is 101 Å². The van der Waals surface area contributed by atoms with Crippen molar-refractivity contribution >= 4 is 33.2 Å². The van der Waals surface area contributed by atoms with Gasteiger partial charge in [0, 0.05) is 43.7 Å². The zero-order valence-corrected chi connectivity index (χ0v) is 19.0. The van der Waals surface area contributed by atoms with E-state index in [0.717, 1.165) is 25.5 Å². The van der Waals surface area contributed by atoms with Crippen LogP contribution >= 0.6 is 11.6 Å². The molecule has 3 fully saturated rings. The summed E-state index contributed by atoms with van der Waals surface area (Å²) < 4.78 is 27.4. The van der Waals surface area contributed by atoms with Crippen LogP contribution in [0, 0.1) is 22.0 Å². The number of piperidine rings is 2. The zero-order chi connectivity index (χ0) is 22.2. The average Bonchev–Trinajstić information content (AvgIpc) is 2.78. The van der Waals surface area contributed by atoms with E-state index in [4.69, 9.17) is 11.6 Å². The van der Waals surface area contributed by atoms with Gasteiger partial charge in [-0.2, -0.15) is 4.31 Å². The molecule has 1 saturated carbocycles. The first kappa shape index (κ1) is 22.5. The summed E-state index contributed by atoms with van der Waals surface area (Å²) in [6.07, 6.45) is 7.87. The Kier molecular flexibility index (Phi) is 6.55. The quantitative estimate of drug-likeness (QED) is 0.492. The number of amides is 1. The molecule has 0 spiro atoms. The number of hydrogen-bond acceptors (Lipinski definition) is 5. The molecule has 4 rings (SSSR count). The van der Waals surface area contributed by atoms with Gasteiger partial charge in [0.25, 0.3) is 5.69 Å². The lowest BCUT2D eigenvalue weighted by molar-refractivity contribution is -0.385. The van der Waals surface area contributed by atoms with Crippen LogP contribution in [0.25, 0.3) is 0 Å². The number of nitrogens with zero attached hydrogens (tertiary/aromatic N) is 3. The van der Waals surface area contributed by atoms with E-state index in [1.807, 2.05) is 0 Å². The summed E-state index contributed by atoms with van der Waals surface area (Å²) >= 11 is 6.06. The summed E-state index contributed by atoms with van der Waals surface area (Å²) in [4.78, 5) is 25.5. The second kappa shape index (κ2) is 9.03. The molecule has 170 valence electrons. The highest BCUT2D eigenvalue weighted by atomic mass is 35.5. The number of rotatable bonds is 4. The second-order valence-electron chi connectivity index (χ2n) is 8.84. The molecule has 3 aliphatic rings. The van der Waals surface area contributed by atoms with E-state index in [1.165, 1.54) is 42.1 Å². The third kappa shape index (κ3) is 4.45. The maximum atomic E-state index is 13.3. The van der Waals surface area contributed by atoms with E-state index in [2.05, 4.69) is 4.90 Å². The highest BCUT2D eigenvalue weighted by molar-refractivity contribution is 7.89. The molecular formula is C21H28ClN3O5S. The molecule has 0 bridgehead atoms. The van der Waals surface area contributed by atoms with Gasteiger partial charge >= 0.3 is 0 Å². The molecule has 8 nitrogen and oxygen atoms in total. The fraction of sp³-hybridized carbons (Fsp3) is 0.667. The number of likely N-dealkylation sites (tertiary alicyclic amines) is 1. The van der Waals surface area contributed by atoms with E-state index >= 15 is 0 Å². The Morgan fingerprint density at radius 2 is 1.71 bits per heavy atom. The molecule has 2 aliphatic heterocycles. The maximum Gasteiger partial charge on any atom is 0.270 e. The number of nitro benzene ring substituents is 1. The number of carbonyl (C=O) groups excluding carboxylic acids is 1. The third-order valence-electron chi connectivity index (χ3n) is 7.07. The minimum absolute atomic E-state index is 0.0412. The third-order valence-corrected chi connectivity index (χ3v) is 9.45. The Balaban J connectivity index is 1.44. The van der Waals surface area contributed by atoms with Gasteiger partial charge in [0.15, 0.2) is 0 Å². The van der Waals surface area contributed by atoms with Gasteiger partial charge in [0.2, 0.25) is 15.9 Å². The van der Waals surface area contributed by atoms with Crippen molar-refractivity contribution in [2.75, 3.05) is 19.6 Å². The van der Waals surface area contributed by atoms with Gasteiger partial charge in [-0.15, -0.1) is 0 Å². The Labute approximate surface area is 187 Å². The van der Waals surface area contributed by atoms with Crippen LogP contribution in [-0.4, -0.2) is 54.1 Å². The molecule has 2 heterocycles. The Hall–Kier alpha value is -1.71. The first-order valence-corrected chi connectivity index (χ1v) is 12.9. The molecule has 0 unspecified atom stereocenters. The lowest BCUT2D eigenvalue weighted by atomic mass is 9.77. The Morgan fingerprint density at radius 1 is 1.03 bits per heavy atom. The molecule has 2 saturated heterocycles. The van der Waals surface area contributed by atoms with Crippen molar-refractivity contribution in [1.82, 2.24) is 9.21 Å². The first-order chi connectivity index (χ1) is 14.8. The van der Waals surface area contributed by atoms with E-state index in [0.29, 0.717) is 24.8 Å². The van der Waals surface area contributed by atoms with Crippen LogP contribution in [0.2, 0.25) is 5.02 Å². The normalized spacial score (nSPS) is 25.8. The molecule has 1 aromatic rings. The largest absolute Gasteiger partial charge is 0.339 e. The standard InChI is InChI=1S/C21H28ClN3O5S/c22-18-8-7-17(25(27)28)14-20(18)31(29,30)23-12-9-16(10-13-23)21(26)24-11-3-5-15-4-1-2-6-19(15)24/h7-8,14-16,19H,1-6,9-13H2/t15-,19+/m0/s1. The number of non-ortho nitro benzene ring substituents is 1. The van der Waals surface area contributed by atoms with Crippen molar-refractivity contribution in [2.24, 2.45) is 11.8 Å². The summed E-state index contributed by atoms with van der Waals surface area (Å²) in [5, 5.41) is 11.0. The molecule has 0 radical (unpaired) electrons. The maximum absolute atomic E-state index is 13.3. The van der Waals surface area contributed by atoms with Crippen molar-refractivity contribution in [3.8, 4) is 0 Å². The van der Waals surface area contributed by atoms with E-state index in [9.17, 15) is 23.3 Å². The van der Waals surface area contributed by atoms with Crippen LogP contribution in [0.5, 0.6) is 0 Å². The van der Waals surface area contributed by atoms with E-state index in [-0.39, 0.29) is 40.5 Å². The molecule has 1 aliphatic carbocycles. The molecule has 31 heavy (non-hydrogen) atoms. The fourth-order valence-electron chi connectivity index (χ4n) is 5.42. The van der Waals surface area contributed by atoms with Crippen LogP contribution in [0.4, 0.5) is 5.69 Å². The highest BCUT2D eigenvalue weighted by Gasteiger charge is 2.40. The molecule has 1 aromatic carbocycles. The molecule has 2 atom stereocenters. The van der Waals surface area contributed by atoms with Gasteiger partial charge < -0.3 is 4.90 Å². The predicted octanol–water partition coefficient (Wildman–Crippen LogP) is 3.83. The smallest absolute Gasteiger partial charge is 0.270 e. The summed E-state index contributed by atoms with van der Waals surface area (Å²) in [6, 6.07) is 3.77. The Morgan fingerprint density at radius 3 is 2.42 bits per heavy atom. The first-order valence-electron chi connectivity index (χ1n) is 11.0. The number of hydrogen-bond donors (Lipinski definition) is 0. The zero-order valence-electron chi connectivity index (χ0n) is 17.4. The summed E-state index contributed by atoms with van der Waals surface area (Å²) in [5.41, 5.74) is -0.319. The molecule has 0 N–H and O–H groups in total. The monoisotopic (exact) mass is 469 g/mol. The second-order valence-corrected chi connectivity index (χ2v) is 11.1. The van der Waals surface area contributed by atoms with Crippen LogP contribution in [0.15, 0.2) is 23.1 Å². The van der Waals surface area contributed by atoms with E-state index < -0.39 is 14.9 Å². The van der Waals surface area contributed by atoms with Crippen molar-refractivity contribution in [1.29, 1.82) is 0 Å².